The van der Waals surface area contributed by atoms with Gasteiger partial charge in [-0.1, -0.05) is 0 Å². The number of aromatic nitrogens is 3. The molecule has 0 N–H and O–H groups in total. The Hall–Kier alpha value is -3.94. The lowest BCUT2D eigenvalue weighted by Crippen LogP contribution is -2.47. The Bertz CT molecular complexity index is 1250. The molecule has 0 saturated carbocycles. The van der Waals surface area contributed by atoms with Gasteiger partial charge in [0.1, 0.15) is 11.4 Å². The van der Waals surface area contributed by atoms with Crippen LogP contribution in [0.1, 0.15) is 0 Å². The summed E-state index contributed by atoms with van der Waals surface area (Å²) in [5.74, 6) is 3.13. The van der Waals surface area contributed by atoms with Crippen LogP contribution in [-0.2, 0) is 0 Å². The third kappa shape index (κ3) is 4.00. The maximum atomic E-state index is 5.49. The molecular weight excluding hydrogens is 418 g/mol. The van der Waals surface area contributed by atoms with Crippen molar-refractivity contribution in [1.82, 2.24) is 14.4 Å². The van der Waals surface area contributed by atoms with Crippen LogP contribution in [0.3, 0.4) is 0 Å². The summed E-state index contributed by atoms with van der Waals surface area (Å²) in [6.45, 7) is 3.54. The zero-order valence-corrected chi connectivity index (χ0v) is 19.1. The van der Waals surface area contributed by atoms with Gasteiger partial charge in [-0.3, -0.25) is 4.40 Å². The van der Waals surface area contributed by atoms with Crippen LogP contribution < -0.4 is 24.0 Å². The number of fused-ring (bicyclic) bond motifs is 1. The van der Waals surface area contributed by atoms with Crippen molar-refractivity contribution in [1.29, 1.82) is 0 Å². The molecule has 0 bridgehead atoms. The molecule has 0 amide bonds. The summed E-state index contributed by atoms with van der Waals surface area (Å²) in [6, 6.07) is 16.1. The van der Waals surface area contributed by atoms with Crippen LogP contribution in [-0.4, -0.2) is 61.9 Å². The van der Waals surface area contributed by atoms with Gasteiger partial charge >= 0.3 is 0 Å². The predicted molar refractivity (Wildman–Crippen MR) is 129 cm³/mol. The minimum absolute atomic E-state index is 0.676. The van der Waals surface area contributed by atoms with Gasteiger partial charge in [0, 0.05) is 55.9 Å². The Balaban J connectivity index is 1.42. The summed E-state index contributed by atoms with van der Waals surface area (Å²) in [5, 5.41) is 0. The van der Waals surface area contributed by atoms with E-state index >= 15 is 0 Å². The highest BCUT2D eigenvalue weighted by molar-refractivity contribution is 5.69. The van der Waals surface area contributed by atoms with Crippen molar-refractivity contribution in [3.05, 3.63) is 60.9 Å². The molecule has 0 aliphatic carbocycles. The fraction of sp³-hybridized carbons (Fsp3) is 0.280. The second-order valence-electron chi connectivity index (χ2n) is 7.84. The zero-order valence-electron chi connectivity index (χ0n) is 19.1. The van der Waals surface area contributed by atoms with Gasteiger partial charge in [0.25, 0.3) is 0 Å². The highest BCUT2D eigenvalue weighted by Gasteiger charge is 2.22. The molecule has 1 saturated heterocycles. The van der Waals surface area contributed by atoms with Crippen molar-refractivity contribution in [3.8, 4) is 28.5 Å². The molecule has 8 nitrogen and oxygen atoms in total. The predicted octanol–water partition coefficient (Wildman–Crippen LogP) is 3.75. The average molecular weight is 446 g/mol. The van der Waals surface area contributed by atoms with E-state index in [1.807, 2.05) is 53.2 Å². The zero-order chi connectivity index (χ0) is 22.8. The Morgan fingerprint density at radius 3 is 2.18 bits per heavy atom. The van der Waals surface area contributed by atoms with E-state index in [1.165, 1.54) is 5.69 Å². The monoisotopic (exact) mass is 445 g/mol. The average Bonchev–Trinajstić information content (AvgIpc) is 3.37. The van der Waals surface area contributed by atoms with Gasteiger partial charge in [0.2, 0.25) is 5.95 Å². The fourth-order valence-corrected chi connectivity index (χ4v) is 4.23. The van der Waals surface area contributed by atoms with Crippen molar-refractivity contribution in [2.45, 2.75) is 0 Å². The number of methoxy groups -OCH3 is 3. The summed E-state index contributed by atoms with van der Waals surface area (Å²) in [7, 11) is 4.96. The lowest BCUT2D eigenvalue weighted by atomic mass is 10.1. The molecule has 8 heteroatoms. The Morgan fingerprint density at radius 1 is 0.758 bits per heavy atom. The number of hydrogen-bond donors (Lipinski definition) is 0. The quantitative estimate of drug-likeness (QED) is 0.448. The molecule has 0 radical (unpaired) electrons. The number of hydrogen-bond acceptors (Lipinski definition) is 7. The first-order valence-corrected chi connectivity index (χ1v) is 10.9. The molecule has 2 aromatic heterocycles. The van der Waals surface area contributed by atoms with E-state index in [2.05, 4.69) is 26.9 Å². The van der Waals surface area contributed by atoms with Gasteiger partial charge in [-0.05, 0) is 42.5 Å². The van der Waals surface area contributed by atoms with Crippen molar-refractivity contribution >= 4 is 17.3 Å². The van der Waals surface area contributed by atoms with Crippen molar-refractivity contribution in [2.75, 3.05) is 57.3 Å². The standard InChI is InChI=1S/C25H27N5O3/c1-31-20-7-5-19(6-8-20)28-12-14-29(15-13-28)25-27-21(17-24-26-10-11-30(24)25)18-4-9-22(32-2)23(16-18)33-3/h4-11,16-17H,12-15H2,1-3H3. The molecule has 33 heavy (non-hydrogen) atoms. The van der Waals surface area contributed by atoms with Gasteiger partial charge in [-0.15, -0.1) is 0 Å². The normalized spacial score (nSPS) is 13.9. The largest absolute Gasteiger partial charge is 0.497 e. The van der Waals surface area contributed by atoms with E-state index in [0.717, 1.165) is 54.8 Å². The SMILES string of the molecule is COc1ccc(N2CCN(c3nc(-c4ccc(OC)c(OC)c4)cc4nccn34)CC2)cc1. The van der Waals surface area contributed by atoms with Crippen LogP contribution in [0, 0.1) is 0 Å². The van der Waals surface area contributed by atoms with E-state index in [-0.39, 0.29) is 0 Å². The number of rotatable bonds is 6. The molecule has 0 atom stereocenters. The van der Waals surface area contributed by atoms with Crippen molar-refractivity contribution < 1.29 is 14.2 Å². The first-order valence-electron chi connectivity index (χ1n) is 10.9. The molecule has 4 aromatic rings. The number of imidazole rings is 1. The molecular formula is C25H27N5O3. The summed E-state index contributed by atoms with van der Waals surface area (Å²) in [5.41, 5.74) is 3.87. The van der Waals surface area contributed by atoms with E-state index < -0.39 is 0 Å². The van der Waals surface area contributed by atoms with Gasteiger partial charge in [0.15, 0.2) is 11.5 Å². The second kappa shape index (κ2) is 8.90. The van der Waals surface area contributed by atoms with Crippen molar-refractivity contribution in [2.24, 2.45) is 0 Å². The van der Waals surface area contributed by atoms with Crippen LogP contribution in [0.4, 0.5) is 11.6 Å². The van der Waals surface area contributed by atoms with Gasteiger partial charge in [-0.25, -0.2) is 9.97 Å². The van der Waals surface area contributed by atoms with E-state index in [9.17, 15) is 0 Å². The minimum atomic E-state index is 0.676. The highest BCUT2D eigenvalue weighted by atomic mass is 16.5. The molecule has 0 unspecified atom stereocenters. The molecule has 2 aromatic carbocycles. The first-order chi connectivity index (χ1) is 16.2. The second-order valence-corrected chi connectivity index (χ2v) is 7.84. The van der Waals surface area contributed by atoms with E-state index in [1.54, 1.807) is 21.3 Å². The molecule has 0 spiro atoms. The Morgan fingerprint density at radius 2 is 1.48 bits per heavy atom. The van der Waals surface area contributed by atoms with Gasteiger partial charge < -0.3 is 24.0 Å². The van der Waals surface area contributed by atoms with Gasteiger partial charge in [0.05, 0.1) is 27.0 Å². The summed E-state index contributed by atoms with van der Waals surface area (Å²) >= 11 is 0. The van der Waals surface area contributed by atoms with Crippen LogP contribution in [0.25, 0.3) is 16.9 Å². The summed E-state index contributed by atoms with van der Waals surface area (Å²) in [4.78, 5) is 14.3. The number of nitrogens with zero attached hydrogens (tertiary/aromatic N) is 5. The molecule has 1 aliphatic rings. The van der Waals surface area contributed by atoms with E-state index in [0.29, 0.717) is 11.5 Å². The number of piperazine rings is 1. The first kappa shape index (κ1) is 20.9. The Kier molecular flexibility index (Phi) is 5.64. The lowest BCUT2D eigenvalue weighted by molar-refractivity contribution is 0.355. The third-order valence-corrected chi connectivity index (χ3v) is 6.05. The van der Waals surface area contributed by atoms with Crippen LogP contribution >= 0.6 is 0 Å². The Labute approximate surface area is 193 Å². The van der Waals surface area contributed by atoms with Gasteiger partial charge in [-0.2, -0.15) is 0 Å². The highest BCUT2D eigenvalue weighted by Crippen LogP contribution is 2.33. The fourth-order valence-electron chi connectivity index (χ4n) is 4.23. The van der Waals surface area contributed by atoms with Crippen LogP contribution in [0.5, 0.6) is 17.2 Å². The number of anilines is 2. The smallest absolute Gasteiger partial charge is 0.212 e. The maximum absolute atomic E-state index is 5.49. The number of benzene rings is 2. The van der Waals surface area contributed by atoms with Crippen LogP contribution in [0.15, 0.2) is 60.9 Å². The van der Waals surface area contributed by atoms with E-state index in [4.69, 9.17) is 19.2 Å². The van der Waals surface area contributed by atoms with Crippen molar-refractivity contribution in [3.63, 3.8) is 0 Å². The number of ether oxygens (including phenoxy) is 3. The molecule has 3 heterocycles. The summed E-state index contributed by atoms with van der Waals surface area (Å²) < 4.78 is 18.2. The molecule has 1 fully saturated rings. The van der Waals surface area contributed by atoms with Crippen LogP contribution in [0.2, 0.25) is 0 Å². The lowest BCUT2D eigenvalue weighted by Gasteiger charge is -2.37. The molecule has 1 aliphatic heterocycles. The maximum Gasteiger partial charge on any atom is 0.212 e. The molecule has 5 rings (SSSR count). The third-order valence-electron chi connectivity index (χ3n) is 6.05. The summed E-state index contributed by atoms with van der Waals surface area (Å²) in [6.07, 6.45) is 3.78. The molecule has 170 valence electrons. The minimum Gasteiger partial charge on any atom is -0.497 e. The topological polar surface area (TPSA) is 64.4 Å².